The molecule has 0 saturated heterocycles. The average molecular weight is 286 g/mol. The van der Waals surface area contributed by atoms with Crippen LogP contribution in [0.1, 0.15) is 16.4 Å². The Balaban J connectivity index is 1.82. The second-order valence-electron chi connectivity index (χ2n) is 4.64. The van der Waals surface area contributed by atoms with Gasteiger partial charge < -0.3 is 10.0 Å². The molecule has 0 fully saturated rings. The van der Waals surface area contributed by atoms with Crippen LogP contribution in [-0.4, -0.2) is 32.4 Å². The van der Waals surface area contributed by atoms with Gasteiger partial charge in [-0.25, -0.2) is 4.98 Å². The van der Waals surface area contributed by atoms with E-state index in [4.69, 9.17) is 5.41 Å². The summed E-state index contributed by atoms with van der Waals surface area (Å²) in [6.07, 6.45) is 1.73. The molecule has 3 rings (SSSR count). The summed E-state index contributed by atoms with van der Waals surface area (Å²) < 4.78 is 0. The Morgan fingerprint density at radius 2 is 2.30 bits per heavy atom. The fourth-order valence-electron chi connectivity index (χ4n) is 2.15. The molecule has 2 N–H and O–H groups in total. The number of aryl methyl sites for hydroxylation is 1. The highest BCUT2D eigenvalue weighted by Gasteiger charge is 2.30. The molecule has 0 spiro atoms. The number of aliphatic hydroxyl groups is 1. The maximum atomic E-state index is 10.1. The lowest BCUT2D eigenvalue weighted by molar-refractivity contribution is 0.345. The predicted octanol–water partition coefficient (Wildman–Crippen LogP) is 2.61. The van der Waals surface area contributed by atoms with Gasteiger partial charge in [0.25, 0.3) is 0 Å². The molecule has 20 heavy (non-hydrogen) atoms. The lowest BCUT2D eigenvalue weighted by Gasteiger charge is -2.17. The van der Waals surface area contributed by atoms with Crippen molar-refractivity contribution >= 4 is 22.7 Å². The molecule has 3 heterocycles. The highest BCUT2D eigenvalue weighted by Crippen LogP contribution is 2.29. The van der Waals surface area contributed by atoms with Gasteiger partial charge in [-0.2, -0.15) is 0 Å². The van der Waals surface area contributed by atoms with E-state index >= 15 is 0 Å². The van der Waals surface area contributed by atoms with Crippen LogP contribution in [0, 0.1) is 12.3 Å². The zero-order chi connectivity index (χ0) is 14.1. The summed E-state index contributed by atoms with van der Waals surface area (Å²) in [7, 11) is 0. The molecular formula is C14H14N4OS. The zero-order valence-electron chi connectivity index (χ0n) is 11.0. The molecule has 0 aliphatic carbocycles. The van der Waals surface area contributed by atoms with E-state index in [1.54, 1.807) is 11.1 Å². The molecular weight excluding hydrogens is 272 g/mol. The van der Waals surface area contributed by atoms with E-state index in [2.05, 4.69) is 9.97 Å². The molecule has 0 bridgehead atoms. The van der Waals surface area contributed by atoms with Gasteiger partial charge in [-0.15, -0.1) is 11.3 Å². The van der Waals surface area contributed by atoms with E-state index in [0.717, 1.165) is 11.4 Å². The quantitative estimate of drug-likeness (QED) is 0.909. The molecule has 0 unspecified atom stereocenters. The fourth-order valence-corrected chi connectivity index (χ4v) is 3.01. The first-order valence-corrected chi connectivity index (χ1v) is 7.11. The smallest absolute Gasteiger partial charge is 0.135 e. The predicted molar refractivity (Wildman–Crippen MR) is 78.8 cm³/mol. The molecule has 102 valence electrons. The van der Waals surface area contributed by atoms with Gasteiger partial charge in [-0.05, 0) is 19.1 Å². The molecule has 2 aromatic rings. The van der Waals surface area contributed by atoms with Crippen molar-refractivity contribution in [2.75, 3.05) is 6.54 Å². The SMILES string of the molecule is Cc1csc(C2=C(O)CN(Cc3ccccn3)C2=N)n1. The maximum Gasteiger partial charge on any atom is 0.135 e. The van der Waals surface area contributed by atoms with Crippen LogP contribution >= 0.6 is 11.3 Å². The number of aromatic nitrogens is 2. The first-order chi connectivity index (χ1) is 9.65. The normalized spacial score (nSPS) is 15.2. The van der Waals surface area contributed by atoms with Crippen molar-refractivity contribution < 1.29 is 5.11 Å². The summed E-state index contributed by atoms with van der Waals surface area (Å²) in [5, 5.41) is 21.0. The van der Waals surface area contributed by atoms with E-state index in [1.165, 1.54) is 11.3 Å². The van der Waals surface area contributed by atoms with E-state index in [1.807, 2.05) is 30.5 Å². The van der Waals surface area contributed by atoms with Crippen LogP contribution in [0.25, 0.3) is 5.57 Å². The van der Waals surface area contributed by atoms with Gasteiger partial charge in [0.1, 0.15) is 16.6 Å². The molecule has 0 saturated carbocycles. The van der Waals surface area contributed by atoms with Gasteiger partial charge in [0.2, 0.25) is 0 Å². The van der Waals surface area contributed by atoms with Crippen molar-refractivity contribution in [1.29, 1.82) is 5.41 Å². The van der Waals surface area contributed by atoms with Crippen molar-refractivity contribution in [3.05, 3.63) is 51.9 Å². The largest absolute Gasteiger partial charge is 0.510 e. The van der Waals surface area contributed by atoms with E-state index in [9.17, 15) is 5.11 Å². The van der Waals surface area contributed by atoms with Gasteiger partial charge in [-0.1, -0.05) is 6.07 Å². The van der Waals surface area contributed by atoms with Crippen LogP contribution < -0.4 is 0 Å². The summed E-state index contributed by atoms with van der Waals surface area (Å²) in [5.41, 5.74) is 2.32. The Labute approximate surface area is 120 Å². The molecule has 1 aliphatic heterocycles. The Morgan fingerprint density at radius 3 is 2.95 bits per heavy atom. The summed E-state index contributed by atoms with van der Waals surface area (Å²) in [6.45, 7) is 2.75. The molecule has 0 atom stereocenters. The van der Waals surface area contributed by atoms with E-state index < -0.39 is 0 Å². The van der Waals surface area contributed by atoms with Crippen LogP contribution in [0.3, 0.4) is 0 Å². The van der Waals surface area contributed by atoms with E-state index in [-0.39, 0.29) is 5.76 Å². The Morgan fingerprint density at radius 1 is 1.45 bits per heavy atom. The number of rotatable bonds is 3. The molecule has 0 amide bonds. The number of nitrogens with zero attached hydrogens (tertiary/aromatic N) is 3. The fraction of sp³-hybridized carbons (Fsp3) is 0.214. The lowest BCUT2D eigenvalue weighted by atomic mass is 10.2. The molecule has 0 radical (unpaired) electrons. The van der Waals surface area contributed by atoms with E-state index in [0.29, 0.717) is 29.5 Å². The number of amidine groups is 1. The van der Waals surface area contributed by atoms with Crippen LogP contribution in [0.15, 0.2) is 35.5 Å². The van der Waals surface area contributed by atoms with Crippen molar-refractivity contribution in [1.82, 2.24) is 14.9 Å². The minimum absolute atomic E-state index is 0.209. The topological polar surface area (TPSA) is 73.1 Å². The first-order valence-electron chi connectivity index (χ1n) is 6.23. The summed E-state index contributed by atoms with van der Waals surface area (Å²) in [5.74, 6) is 0.516. The number of hydrogen-bond donors (Lipinski definition) is 2. The zero-order valence-corrected chi connectivity index (χ0v) is 11.8. The molecule has 0 aromatic carbocycles. The number of thiazole rings is 1. The highest BCUT2D eigenvalue weighted by molar-refractivity contribution is 7.11. The van der Waals surface area contributed by atoms with Gasteiger partial charge >= 0.3 is 0 Å². The minimum atomic E-state index is 0.209. The summed E-state index contributed by atoms with van der Waals surface area (Å²) in [6, 6.07) is 5.69. The van der Waals surface area contributed by atoms with Crippen LogP contribution in [0.4, 0.5) is 0 Å². The van der Waals surface area contributed by atoms with Crippen LogP contribution in [0.5, 0.6) is 0 Å². The number of pyridine rings is 1. The van der Waals surface area contributed by atoms with Crippen molar-refractivity contribution in [2.24, 2.45) is 0 Å². The number of nitrogens with one attached hydrogen (secondary N) is 1. The second-order valence-corrected chi connectivity index (χ2v) is 5.50. The van der Waals surface area contributed by atoms with Gasteiger partial charge in [-0.3, -0.25) is 10.4 Å². The third kappa shape index (κ3) is 2.30. The Kier molecular flexibility index (Phi) is 3.23. The van der Waals surface area contributed by atoms with Gasteiger partial charge in [0.15, 0.2) is 0 Å². The second kappa shape index (κ2) is 5.05. The Bertz CT molecular complexity index is 677. The van der Waals surface area contributed by atoms with Crippen molar-refractivity contribution in [3.63, 3.8) is 0 Å². The lowest BCUT2D eigenvalue weighted by Crippen LogP contribution is -2.26. The maximum absolute atomic E-state index is 10.1. The third-order valence-electron chi connectivity index (χ3n) is 3.09. The monoisotopic (exact) mass is 286 g/mol. The average Bonchev–Trinajstić information content (AvgIpc) is 2.96. The molecule has 5 nitrogen and oxygen atoms in total. The molecule has 6 heteroatoms. The van der Waals surface area contributed by atoms with Crippen molar-refractivity contribution in [2.45, 2.75) is 13.5 Å². The van der Waals surface area contributed by atoms with Gasteiger partial charge in [0.05, 0.1) is 24.4 Å². The third-order valence-corrected chi connectivity index (χ3v) is 4.07. The minimum Gasteiger partial charge on any atom is -0.510 e. The molecule has 2 aromatic heterocycles. The highest BCUT2D eigenvalue weighted by atomic mass is 32.1. The first kappa shape index (κ1) is 12.8. The molecule has 1 aliphatic rings. The summed E-state index contributed by atoms with van der Waals surface area (Å²) >= 11 is 1.45. The van der Waals surface area contributed by atoms with Crippen LogP contribution in [0.2, 0.25) is 0 Å². The Hall–Kier alpha value is -2.21. The standard InChI is InChI=1S/C14H14N4OS/c1-9-8-20-14(17-9)12-11(19)7-18(13(12)15)6-10-4-2-3-5-16-10/h2-5,8,15,19H,6-7H2,1H3. The van der Waals surface area contributed by atoms with Gasteiger partial charge in [0, 0.05) is 17.3 Å². The summed E-state index contributed by atoms with van der Waals surface area (Å²) in [4.78, 5) is 10.4. The van der Waals surface area contributed by atoms with Crippen molar-refractivity contribution in [3.8, 4) is 0 Å². The van der Waals surface area contributed by atoms with Crippen LogP contribution in [-0.2, 0) is 6.54 Å². The number of hydrogen-bond acceptors (Lipinski definition) is 5. The number of aliphatic hydroxyl groups excluding tert-OH is 1.